The van der Waals surface area contributed by atoms with Gasteiger partial charge in [-0.25, -0.2) is 0 Å². The maximum absolute atomic E-state index is 2.32. The van der Waals surface area contributed by atoms with Crippen LogP contribution in [-0.2, 0) is 6.42 Å². The molecule has 56 valence electrons. The van der Waals surface area contributed by atoms with Crippen LogP contribution in [0.2, 0.25) is 0 Å². The van der Waals surface area contributed by atoms with E-state index in [9.17, 15) is 0 Å². The highest BCUT2D eigenvalue weighted by molar-refractivity contribution is 5.37. The van der Waals surface area contributed by atoms with E-state index in [-0.39, 0.29) is 0 Å². The quantitative estimate of drug-likeness (QED) is 0.525. The fourth-order valence-electron chi connectivity index (χ4n) is 2.41. The molecule has 1 aromatic carbocycles. The number of fused-ring (bicyclic) bond motifs is 3. The van der Waals surface area contributed by atoms with Crippen LogP contribution in [0.15, 0.2) is 24.3 Å². The normalized spacial score (nSPS) is 32.4. The van der Waals surface area contributed by atoms with Crippen LogP contribution in [0.25, 0.3) is 0 Å². The van der Waals surface area contributed by atoms with Crippen molar-refractivity contribution in [3.8, 4) is 0 Å². The first-order valence-electron chi connectivity index (χ1n) is 4.53. The van der Waals surface area contributed by atoms with E-state index in [0.717, 1.165) is 11.8 Å². The molecule has 0 nitrogen and oxygen atoms in total. The molecular weight excluding hydrogens is 132 g/mol. The topological polar surface area (TPSA) is 0 Å². The van der Waals surface area contributed by atoms with E-state index < -0.39 is 0 Å². The minimum Gasteiger partial charge on any atom is -0.0620 e. The van der Waals surface area contributed by atoms with Gasteiger partial charge >= 0.3 is 0 Å². The van der Waals surface area contributed by atoms with Crippen molar-refractivity contribution in [1.82, 2.24) is 0 Å². The first kappa shape index (κ1) is 5.82. The van der Waals surface area contributed by atoms with Crippen LogP contribution >= 0.6 is 0 Å². The van der Waals surface area contributed by atoms with Crippen molar-refractivity contribution >= 4 is 0 Å². The number of hydrogen-bond acceptors (Lipinski definition) is 0. The minimum atomic E-state index is 0.958. The van der Waals surface area contributed by atoms with Gasteiger partial charge in [-0.15, -0.1) is 0 Å². The van der Waals surface area contributed by atoms with Gasteiger partial charge in [-0.05, 0) is 42.2 Å². The lowest BCUT2D eigenvalue weighted by Crippen LogP contribution is -2.00. The van der Waals surface area contributed by atoms with Crippen LogP contribution in [0, 0.1) is 5.92 Å². The molecular formula is C11H12. The van der Waals surface area contributed by atoms with Crippen LogP contribution < -0.4 is 0 Å². The van der Waals surface area contributed by atoms with Crippen molar-refractivity contribution in [2.24, 2.45) is 5.92 Å². The Labute approximate surface area is 67.2 Å². The minimum absolute atomic E-state index is 0.958. The number of benzene rings is 1. The van der Waals surface area contributed by atoms with E-state index in [1.54, 1.807) is 11.1 Å². The van der Waals surface area contributed by atoms with E-state index in [4.69, 9.17) is 0 Å². The summed E-state index contributed by atoms with van der Waals surface area (Å²) in [6, 6.07) is 8.96. The van der Waals surface area contributed by atoms with Crippen molar-refractivity contribution in [3.05, 3.63) is 35.4 Å². The van der Waals surface area contributed by atoms with Crippen molar-refractivity contribution in [3.63, 3.8) is 0 Å². The summed E-state index contributed by atoms with van der Waals surface area (Å²) in [6.45, 7) is 0. The molecule has 0 spiro atoms. The molecule has 0 heteroatoms. The molecule has 2 aliphatic carbocycles. The molecule has 1 fully saturated rings. The van der Waals surface area contributed by atoms with Crippen molar-refractivity contribution < 1.29 is 0 Å². The highest BCUT2D eigenvalue weighted by Gasteiger charge is 2.41. The third-order valence-electron chi connectivity index (χ3n) is 3.16. The molecule has 2 aliphatic rings. The molecule has 1 aromatic rings. The van der Waals surface area contributed by atoms with Gasteiger partial charge in [-0.1, -0.05) is 24.3 Å². The van der Waals surface area contributed by atoms with Crippen LogP contribution in [0.1, 0.15) is 29.9 Å². The number of aryl methyl sites for hydroxylation is 1. The van der Waals surface area contributed by atoms with E-state index in [2.05, 4.69) is 24.3 Å². The molecule has 11 heavy (non-hydrogen) atoms. The predicted octanol–water partition coefficient (Wildman–Crippen LogP) is 2.74. The molecule has 2 atom stereocenters. The summed E-state index contributed by atoms with van der Waals surface area (Å²) in [5.41, 5.74) is 3.27. The summed E-state index contributed by atoms with van der Waals surface area (Å²) >= 11 is 0. The van der Waals surface area contributed by atoms with Crippen molar-refractivity contribution in [2.45, 2.75) is 25.2 Å². The molecule has 0 radical (unpaired) electrons. The molecule has 0 aliphatic heterocycles. The zero-order valence-electron chi connectivity index (χ0n) is 6.59. The molecule has 0 heterocycles. The Morgan fingerprint density at radius 3 is 3.09 bits per heavy atom. The van der Waals surface area contributed by atoms with E-state index in [1.165, 1.54) is 19.3 Å². The molecule has 0 saturated heterocycles. The van der Waals surface area contributed by atoms with Crippen LogP contribution in [0.3, 0.4) is 0 Å². The van der Waals surface area contributed by atoms with Gasteiger partial charge in [0.15, 0.2) is 0 Å². The fourth-order valence-corrected chi connectivity index (χ4v) is 2.41. The number of rotatable bonds is 0. The van der Waals surface area contributed by atoms with Gasteiger partial charge in [0.1, 0.15) is 0 Å². The van der Waals surface area contributed by atoms with Gasteiger partial charge in [0.05, 0.1) is 0 Å². The predicted molar refractivity (Wildman–Crippen MR) is 45.6 cm³/mol. The molecule has 0 bridgehead atoms. The maximum Gasteiger partial charge on any atom is -0.0128 e. The molecule has 0 amide bonds. The second kappa shape index (κ2) is 1.88. The average molecular weight is 144 g/mol. The lowest BCUT2D eigenvalue weighted by atomic mass is 9.92. The number of hydrogen-bond donors (Lipinski definition) is 0. The summed E-state index contributed by atoms with van der Waals surface area (Å²) in [5, 5.41) is 0. The zero-order chi connectivity index (χ0) is 7.26. The van der Waals surface area contributed by atoms with Crippen molar-refractivity contribution in [2.75, 3.05) is 0 Å². The fraction of sp³-hybridized carbons (Fsp3) is 0.455. The van der Waals surface area contributed by atoms with Gasteiger partial charge in [-0.3, -0.25) is 0 Å². The average Bonchev–Trinajstić information content (AvgIpc) is 2.83. The Morgan fingerprint density at radius 2 is 2.09 bits per heavy atom. The van der Waals surface area contributed by atoms with E-state index in [0.29, 0.717) is 0 Å². The molecule has 0 aromatic heterocycles. The first-order valence-corrected chi connectivity index (χ1v) is 4.53. The largest absolute Gasteiger partial charge is 0.0620 e. The third kappa shape index (κ3) is 0.756. The highest BCUT2D eigenvalue weighted by Crippen LogP contribution is 2.54. The summed E-state index contributed by atoms with van der Waals surface area (Å²) < 4.78 is 0. The Bertz CT molecular complexity index is 288. The van der Waals surface area contributed by atoms with Gasteiger partial charge in [0, 0.05) is 0 Å². The monoisotopic (exact) mass is 144 g/mol. The summed E-state index contributed by atoms with van der Waals surface area (Å²) in [7, 11) is 0. The third-order valence-corrected chi connectivity index (χ3v) is 3.16. The van der Waals surface area contributed by atoms with Gasteiger partial charge in [0.25, 0.3) is 0 Å². The SMILES string of the molecule is c1ccc2c(c1)CC[C@@H]1C[C@H]21. The second-order valence-electron chi connectivity index (χ2n) is 3.84. The second-order valence-corrected chi connectivity index (χ2v) is 3.84. The smallest absolute Gasteiger partial charge is 0.0128 e. The Morgan fingerprint density at radius 1 is 1.18 bits per heavy atom. The molecule has 3 rings (SSSR count). The maximum atomic E-state index is 2.32. The Kier molecular flexibility index (Phi) is 0.993. The van der Waals surface area contributed by atoms with Crippen molar-refractivity contribution in [1.29, 1.82) is 0 Å². The molecule has 0 N–H and O–H groups in total. The van der Waals surface area contributed by atoms with Gasteiger partial charge in [-0.2, -0.15) is 0 Å². The van der Waals surface area contributed by atoms with Crippen LogP contribution in [0.4, 0.5) is 0 Å². The summed E-state index contributed by atoms with van der Waals surface area (Å²) in [5.74, 6) is 2.02. The van der Waals surface area contributed by atoms with Gasteiger partial charge in [0.2, 0.25) is 0 Å². The highest BCUT2D eigenvalue weighted by atomic mass is 14.5. The van der Waals surface area contributed by atoms with E-state index >= 15 is 0 Å². The Hall–Kier alpha value is -0.780. The first-order chi connectivity index (χ1) is 5.45. The Balaban J connectivity index is 2.14. The lowest BCUT2D eigenvalue weighted by molar-refractivity contribution is 0.667. The zero-order valence-corrected chi connectivity index (χ0v) is 6.59. The molecule has 1 saturated carbocycles. The lowest BCUT2D eigenvalue weighted by Gasteiger charge is -2.13. The van der Waals surface area contributed by atoms with E-state index in [1.807, 2.05) is 0 Å². The molecule has 0 unspecified atom stereocenters. The standard InChI is InChI=1S/C11H12/c1-2-4-10-8(3-1)5-6-9-7-11(9)10/h1-4,9,11H,5-7H2/t9-,11+/m1/s1. The summed E-state index contributed by atoms with van der Waals surface area (Å²) in [6.07, 6.45) is 4.25. The summed E-state index contributed by atoms with van der Waals surface area (Å²) in [4.78, 5) is 0. The van der Waals surface area contributed by atoms with Crippen LogP contribution in [0.5, 0.6) is 0 Å². The van der Waals surface area contributed by atoms with Gasteiger partial charge < -0.3 is 0 Å². The van der Waals surface area contributed by atoms with Crippen LogP contribution in [-0.4, -0.2) is 0 Å².